The molecular formula is C12H18N5O2S+. The van der Waals surface area contributed by atoms with E-state index < -0.39 is 0 Å². The lowest BCUT2D eigenvalue weighted by atomic mass is 10.3. The molecule has 8 heteroatoms. The second-order valence-corrected chi connectivity index (χ2v) is 5.65. The first-order chi connectivity index (χ1) is 9.84. The molecule has 2 N–H and O–H groups in total. The van der Waals surface area contributed by atoms with Crippen molar-refractivity contribution in [2.45, 2.75) is 6.42 Å². The monoisotopic (exact) mass is 296 g/mol. The Bertz CT molecular complexity index is 516. The average Bonchev–Trinajstić information content (AvgIpc) is 2.99. The highest BCUT2D eigenvalue weighted by molar-refractivity contribution is 7.09. The minimum absolute atomic E-state index is 0.275. The molecule has 0 bridgehead atoms. The largest absolute Gasteiger partial charge is 0.468 e. The van der Waals surface area contributed by atoms with Gasteiger partial charge >= 0.3 is 11.8 Å². The molecule has 0 saturated heterocycles. The molecule has 0 spiro atoms. The Morgan fingerprint density at radius 3 is 3.15 bits per heavy atom. The molecule has 0 amide bonds. The Morgan fingerprint density at radius 2 is 2.35 bits per heavy atom. The first kappa shape index (κ1) is 13.3. The number of nitrogens with zero attached hydrogens (tertiary/aromatic N) is 3. The van der Waals surface area contributed by atoms with Crippen LogP contribution >= 0.6 is 11.3 Å². The smallest absolute Gasteiger partial charge is 0.385 e. The van der Waals surface area contributed by atoms with Gasteiger partial charge in [0.1, 0.15) is 19.8 Å². The summed E-state index contributed by atoms with van der Waals surface area (Å²) in [6, 6.07) is 4.19. The fourth-order valence-corrected chi connectivity index (χ4v) is 3.03. The second-order valence-electron chi connectivity index (χ2n) is 4.62. The normalized spacial score (nSPS) is 24.6. The predicted octanol–water partition coefficient (Wildman–Crippen LogP) is 1.34. The molecule has 2 aliphatic heterocycles. The first-order valence-corrected chi connectivity index (χ1v) is 7.45. The van der Waals surface area contributed by atoms with Crippen molar-refractivity contribution in [3.63, 3.8) is 0 Å². The third-order valence-corrected chi connectivity index (χ3v) is 4.17. The Morgan fingerprint density at radius 1 is 1.45 bits per heavy atom. The first-order valence-electron chi connectivity index (χ1n) is 6.57. The van der Waals surface area contributed by atoms with Gasteiger partial charge in [-0.1, -0.05) is 10.7 Å². The number of nitrogens with one attached hydrogen (secondary N) is 2. The zero-order valence-electron chi connectivity index (χ0n) is 11.3. The van der Waals surface area contributed by atoms with Crippen LogP contribution in [0.25, 0.3) is 0 Å². The van der Waals surface area contributed by atoms with Crippen LogP contribution in [0.2, 0.25) is 0 Å². The molecule has 3 heterocycles. The maximum atomic E-state index is 5.79. The van der Waals surface area contributed by atoms with Crippen molar-refractivity contribution in [2.75, 3.05) is 33.5 Å². The van der Waals surface area contributed by atoms with E-state index in [1.165, 1.54) is 4.88 Å². The molecular weight excluding hydrogens is 278 g/mol. The molecule has 1 atom stereocenters. The number of hydrogen-bond acceptors (Lipinski definition) is 7. The average molecular weight is 296 g/mol. The third-order valence-electron chi connectivity index (χ3n) is 3.24. The quantitative estimate of drug-likeness (QED) is 0.805. The summed E-state index contributed by atoms with van der Waals surface area (Å²) in [6.07, 6.45) is 0.915. The van der Waals surface area contributed by atoms with Crippen LogP contribution in [-0.4, -0.2) is 38.1 Å². The SMILES string of the molecule is CNC[N+]1(CCc2cccs2)N=NNC2=C1OCCO2. The van der Waals surface area contributed by atoms with E-state index in [2.05, 4.69) is 38.7 Å². The van der Waals surface area contributed by atoms with Gasteiger partial charge in [-0.3, -0.25) is 5.32 Å². The molecule has 1 aromatic rings. The van der Waals surface area contributed by atoms with E-state index in [0.29, 0.717) is 31.6 Å². The predicted molar refractivity (Wildman–Crippen MR) is 74.0 cm³/mol. The van der Waals surface area contributed by atoms with Crippen molar-refractivity contribution in [1.82, 2.24) is 10.7 Å². The second kappa shape index (κ2) is 5.78. The molecule has 20 heavy (non-hydrogen) atoms. The molecule has 0 aliphatic carbocycles. The van der Waals surface area contributed by atoms with Gasteiger partial charge in [-0.15, -0.1) is 11.3 Å². The summed E-state index contributed by atoms with van der Waals surface area (Å²) in [7, 11) is 1.90. The highest BCUT2D eigenvalue weighted by atomic mass is 32.1. The fraction of sp³-hybridized carbons (Fsp3) is 0.500. The van der Waals surface area contributed by atoms with Crippen molar-refractivity contribution in [1.29, 1.82) is 0 Å². The van der Waals surface area contributed by atoms with Crippen molar-refractivity contribution >= 4 is 11.3 Å². The van der Waals surface area contributed by atoms with E-state index in [9.17, 15) is 0 Å². The number of hydrogen-bond donors (Lipinski definition) is 2. The zero-order valence-corrected chi connectivity index (χ0v) is 12.2. The highest BCUT2D eigenvalue weighted by Crippen LogP contribution is 2.29. The van der Waals surface area contributed by atoms with Crippen molar-refractivity contribution in [3.05, 3.63) is 34.2 Å². The van der Waals surface area contributed by atoms with Gasteiger partial charge in [-0.05, 0) is 23.7 Å². The fourth-order valence-electron chi connectivity index (χ4n) is 2.33. The van der Waals surface area contributed by atoms with Gasteiger partial charge in [0.2, 0.25) is 0 Å². The van der Waals surface area contributed by atoms with Gasteiger partial charge in [0, 0.05) is 11.3 Å². The van der Waals surface area contributed by atoms with Crippen molar-refractivity contribution in [2.24, 2.45) is 10.4 Å². The Balaban J connectivity index is 1.83. The molecule has 1 aromatic heterocycles. The summed E-state index contributed by atoms with van der Waals surface area (Å²) in [4.78, 5) is 1.33. The topological polar surface area (TPSA) is 67.2 Å². The van der Waals surface area contributed by atoms with Crippen molar-refractivity contribution < 1.29 is 14.1 Å². The summed E-state index contributed by atoms with van der Waals surface area (Å²) >= 11 is 1.75. The molecule has 3 rings (SSSR count). The van der Waals surface area contributed by atoms with Gasteiger partial charge in [-0.2, -0.15) is 0 Å². The maximum Gasteiger partial charge on any atom is 0.385 e. The van der Waals surface area contributed by atoms with Crippen LogP contribution < -0.4 is 10.7 Å². The molecule has 0 saturated carbocycles. The van der Waals surface area contributed by atoms with Gasteiger partial charge in [-0.25, -0.2) is 5.43 Å². The summed E-state index contributed by atoms with van der Waals surface area (Å²) in [6.45, 7) is 2.46. The number of rotatable bonds is 5. The molecule has 7 nitrogen and oxygen atoms in total. The lowest BCUT2D eigenvalue weighted by molar-refractivity contribution is -0.924. The van der Waals surface area contributed by atoms with E-state index in [0.717, 1.165) is 13.0 Å². The Labute approximate surface area is 121 Å². The van der Waals surface area contributed by atoms with E-state index in [-0.39, 0.29) is 4.59 Å². The Hall–Kier alpha value is -1.64. The van der Waals surface area contributed by atoms with Crippen LogP contribution in [0.4, 0.5) is 0 Å². The summed E-state index contributed by atoms with van der Waals surface area (Å²) in [5.41, 5.74) is 2.78. The van der Waals surface area contributed by atoms with Crippen LogP contribution in [0.5, 0.6) is 0 Å². The third kappa shape index (κ3) is 2.49. The van der Waals surface area contributed by atoms with Crippen molar-refractivity contribution in [3.8, 4) is 0 Å². The number of quaternary nitrogens is 1. The van der Waals surface area contributed by atoms with Gasteiger partial charge in [0.25, 0.3) is 0 Å². The van der Waals surface area contributed by atoms with Gasteiger partial charge in [0.05, 0.1) is 5.22 Å². The minimum atomic E-state index is 0.275. The highest BCUT2D eigenvalue weighted by Gasteiger charge is 2.44. The van der Waals surface area contributed by atoms with Gasteiger partial charge in [0.15, 0.2) is 6.67 Å². The molecule has 2 aliphatic rings. The van der Waals surface area contributed by atoms with E-state index in [1.807, 2.05) is 7.05 Å². The number of ether oxygens (including phenoxy) is 2. The summed E-state index contributed by atoms with van der Waals surface area (Å²) in [5.74, 6) is 1.28. The number of thiophene rings is 1. The zero-order chi connectivity index (χ0) is 13.8. The maximum absolute atomic E-state index is 5.79. The van der Waals surface area contributed by atoms with Crippen LogP contribution in [0, 0.1) is 0 Å². The van der Waals surface area contributed by atoms with Gasteiger partial charge < -0.3 is 9.47 Å². The summed E-state index contributed by atoms with van der Waals surface area (Å²) < 4.78 is 11.6. The molecule has 1 unspecified atom stereocenters. The Kier molecular flexibility index (Phi) is 3.86. The van der Waals surface area contributed by atoms with Crippen LogP contribution in [0.3, 0.4) is 0 Å². The van der Waals surface area contributed by atoms with E-state index in [1.54, 1.807) is 11.3 Å². The molecule has 0 aromatic carbocycles. The summed E-state index contributed by atoms with van der Waals surface area (Å²) in [5, 5.41) is 13.6. The van der Waals surface area contributed by atoms with Crippen LogP contribution in [0.15, 0.2) is 39.7 Å². The standard InChI is InChI=1S/C12H18N5O2S/c1-13-9-17(5-4-10-3-2-8-20-10)12-11(14-15-16-17)18-6-7-19-12/h2-3,8,13H,4-7,9H2,1H3,(H,14,16)/q+1. The minimum Gasteiger partial charge on any atom is -0.468 e. The molecule has 108 valence electrons. The van der Waals surface area contributed by atoms with Crippen LogP contribution in [-0.2, 0) is 15.9 Å². The van der Waals surface area contributed by atoms with Crippen LogP contribution in [0.1, 0.15) is 4.88 Å². The lowest BCUT2D eigenvalue weighted by Gasteiger charge is -2.34. The molecule has 0 fully saturated rings. The molecule has 0 radical (unpaired) electrons. The lowest BCUT2D eigenvalue weighted by Crippen LogP contribution is -2.53. The van der Waals surface area contributed by atoms with E-state index >= 15 is 0 Å². The van der Waals surface area contributed by atoms with E-state index in [4.69, 9.17) is 9.47 Å².